The molecule has 1 aliphatic rings. The molecule has 0 fully saturated rings. The van der Waals surface area contributed by atoms with Gasteiger partial charge in [-0.1, -0.05) is 56.1 Å². The second-order valence-corrected chi connectivity index (χ2v) is 4.75. The molecule has 1 heteroatoms. The van der Waals surface area contributed by atoms with Crippen LogP contribution in [-0.4, -0.2) is 6.61 Å². The number of rotatable bonds is 10. The van der Waals surface area contributed by atoms with Crippen LogP contribution in [0.3, 0.4) is 0 Å². The summed E-state index contributed by atoms with van der Waals surface area (Å²) >= 11 is 0. The van der Waals surface area contributed by atoms with Crippen molar-refractivity contribution in [2.24, 2.45) is 0 Å². The molecule has 0 atom stereocenters. The Kier molecular flexibility index (Phi) is 8.96. The Hall–Kier alpha value is -1.24. The molecule has 1 nitrogen and oxygen atoms in total. The summed E-state index contributed by atoms with van der Waals surface area (Å²) in [5.41, 5.74) is 1.27. The van der Waals surface area contributed by atoms with Gasteiger partial charge in [0.25, 0.3) is 0 Å². The van der Waals surface area contributed by atoms with Crippen molar-refractivity contribution in [1.82, 2.24) is 0 Å². The van der Waals surface area contributed by atoms with Gasteiger partial charge in [0.15, 0.2) is 0 Å². The number of allylic oxidation sites excluding steroid dienone is 6. The maximum atomic E-state index is 5.56. The molecule has 0 heterocycles. The van der Waals surface area contributed by atoms with E-state index in [-0.39, 0.29) is 0 Å². The molecular weight excluding hydrogens is 220 g/mol. The third kappa shape index (κ3) is 7.94. The Labute approximate surface area is 112 Å². The van der Waals surface area contributed by atoms with Gasteiger partial charge in [0.05, 0.1) is 12.9 Å². The van der Waals surface area contributed by atoms with Crippen molar-refractivity contribution in [3.8, 4) is 0 Å². The number of hydrogen-bond acceptors (Lipinski definition) is 1. The Morgan fingerprint density at radius 2 is 1.83 bits per heavy atom. The molecule has 0 aromatic carbocycles. The first-order valence-corrected chi connectivity index (χ1v) is 7.18. The zero-order chi connectivity index (χ0) is 12.9. The van der Waals surface area contributed by atoms with E-state index in [1.165, 1.54) is 50.5 Å². The summed E-state index contributed by atoms with van der Waals surface area (Å²) in [6.07, 6.45) is 22.3. The van der Waals surface area contributed by atoms with Gasteiger partial charge in [0.1, 0.15) is 0 Å². The fraction of sp³-hybridized carbons (Fsp3) is 0.529. The van der Waals surface area contributed by atoms with Gasteiger partial charge in [0.2, 0.25) is 0 Å². The maximum Gasteiger partial charge on any atom is 0.0873 e. The quantitative estimate of drug-likeness (QED) is 0.288. The van der Waals surface area contributed by atoms with Crippen molar-refractivity contribution in [3.05, 3.63) is 48.8 Å². The van der Waals surface area contributed by atoms with Crippen LogP contribution in [0.4, 0.5) is 0 Å². The molecule has 0 spiro atoms. The van der Waals surface area contributed by atoms with Crippen LogP contribution in [0.15, 0.2) is 48.8 Å². The lowest BCUT2D eigenvalue weighted by Crippen LogP contribution is -1.90. The van der Waals surface area contributed by atoms with Crippen LogP contribution < -0.4 is 0 Å². The van der Waals surface area contributed by atoms with Gasteiger partial charge >= 0.3 is 0 Å². The zero-order valence-corrected chi connectivity index (χ0v) is 11.4. The topological polar surface area (TPSA) is 9.23 Å². The van der Waals surface area contributed by atoms with Crippen molar-refractivity contribution in [3.63, 3.8) is 0 Å². The number of hydrogen-bond donors (Lipinski definition) is 0. The molecule has 100 valence electrons. The van der Waals surface area contributed by atoms with Gasteiger partial charge in [-0.2, -0.15) is 0 Å². The lowest BCUT2D eigenvalue weighted by Gasteiger charge is -2.05. The summed E-state index contributed by atoms with van der Waals surface area (Å²) in [7, 11) is 0. The normalized spacial score (nSPS) is 16.1. The van der Waals surface area contributed by atoms with E-state index in [1.807, 2.05) is 12.3 Å². The Balaban J connectivity index is 1.85. The van der Waals surface area contributed by atoms with E-state index >= 15 is 0 Å². The molecule has 0 saturated carbocycles. The van der Waals surface area contributed by atoms with Gasteiger partial charge in [-0.3, -0.25) is 0 Å². The van der Waals surface area contributed by atoms with Crippen molar-refractivity contribution < 1.29 is 4.74 Å². The van der Waals surface area contributed by atoms with E-state index in [0.29, 0.717) is 0 Å². The molecule has 0 amide bonds. The Bertz CT molecular complexity index is 297. The second kappa shape index (κ2) is 10.9. The molecule has 0 aliphatic heterocycles. The van der Waals surface area contributed by atoms with Crippen molar-refractivity contribution >= 4 is 0 Å². The molecule has 0 N–H and O–H groups in total. The van der Waals surface area contributed by atoms with Gasteiger partial charge < -0.3 is 4.74 Å². The lowest BCUT2D eigenvalue weighted by atomic mass is 10.1. The maximum absolute atomic E-state index is 5.56. The fourth-order valence-electron chi connectivity index (χ4n) is 1.96. The van der Waals surface area contributed by atoms with Gasteiger partial charge in [-0.05, 0) is 31.3 Å². The van der Waals surface area contributed by atoms with E-state index in [0.717, 1.165) is 13.0 Å². The largest absolute Gasteiger partial charge is 0.501 e. The third-order valence-corrected chi connectivity index (χ3v) is 3.07. The predicted molar refractivity (Wildman–Crippen MR) is 79.4 cm³/mol. The standard InChI is InChI=1S/C17H26O/c1-2-3-4-5-6-7-8-12-15-18-16-17-13-10-9-11-14-17/h2,9-11,13,16H,1,3-8,12,14-15H2/b17-16+. The van der Waals surface area contributed by atoms with Gasteiger partial charge in [-0.25, -0.2) is 0 Å². The van der Waals surface area contributed by atoms with Crippen LogP contribution in [-0.2, 0) is 4.74 Å². The highest BCUT2D eigenvalue weighted by Crippen LogP contribution is 2.11. The SMILES string of the molecule is C=CCCCCCCCCO/C=C1\C=CC=CC1. The molecule has 0 saturated heterocycles. The van der Waals surface area contributed by atoms with Crippen molar-refractivity contribution in [2.45, 2.75) is 51.4 Å². The highest BCUT2D eigenvalue weighted by atomic mass is 16.5. The number of unbranched alkanes of at least 4 members (excludes halogenated alkanes) is 6. The highest BCUT2D eigenvalue weighted by molar-refractivity contribution is 5.28. The summed E-state index contributed by atoms with van der Waals surface area (Å²) < 4.78 is 5.56. The van der Waals surface area contributed by atoms with Crippen molar-refractivity contribution in [2.75, 3.05) is 6.61 Å². The third-order valence-electron chi connectivity index (χ3n) is 3.07. The average molecular weight is 246 g/mol. The smallest absolute Gasteiger partial charge is 0.0873 e. The molecule has 1 aliphatic carbocycles. The molecule has 0 radical (unpaired) electrons. The van der Waals surface area contributed by atoms with Crippen LogP contribution >= 0.6 is 0 Å². The molecular formula is C17H26O. The minimum absolute atomic E-state index is 0.855. The first kappa shape index (κ1) is 14.8. The summed E-state index contributed by atoms with van der Waals surface area (Å²) in [5, 5.41) is 0. The minimum atomic E-state index is 0.855. The lowest BCUT2D eigenvalue weighted by molar-refractivity contribution is 0.238. The molecule has 0 unspecified atom stereocenters. The second-order valence-electron chi connectivity index (χ2n) is 4.75. The van der Waals surface area contributed by atoms with Crippen LogP contribution in [0.1, 0.15) is 51.4 Å². The zero-order valence-electron chi connectivity index (χ0n) is 11.4. The average Bonchev–Trinajstić information content (AvgIpc) is 2.42. The van der Waals surface area contributed by atoms with E-state index in [1.54, 1.807) is 0 Å². The van der Waals surface area contributed by atoms with Crippen LogP contribution in [0.5, 0.6) is 0 Å². The highest BCUT2D eigenvalue weighted by Gasteiger charge is 1.94. The van der Waals surface area contributed by atoms with E-state index in [4.69, 9.17) is 4.74 Å². The van der Waals surface area contributed by atoms with Gasteiger partial charge in [0, 0.05) is 0 Å². The van der Waals surface area contributed by atoms with Gasteiger partial charge in [-0.15, -0.1) is 6.58 Å². The molecule has 0 bridgehead atoms. The molecule has 0 aromatic heterocycles. The van der Waals surface area contributed by atoms with Crippen LogP contribution in [0.2, 0.25) is 0 Å². The molecule has 18 heavy (non-hydrogen) atoms. The minimum Gasteiger partial charge on any atom is -0.501 e. The Morgan fingerprint density at radius 3 is 2.56 bits per heavy atom. The number of ether oxygens (including phenoxy) is 1. The Morgan fingerprint density at radius 1 is 1.06 bits per heavy atom. The monoisotopic (exact) mass is 246 g/mol. The van der Waals surface area contributed by atoms with Crippen LogP contribution in [0, 0.1) is 0 Å². The summed E-state index contributed by atoms with van der Waals surface area (Å²) in [4.78, 5) is 0. The summed E-state index contributed by atoms with van der Waals surface area (Å²) in [6.45, 7) is 4.59. The fourth-order valence-corrected chi connectivity index (χ4v) is 1.96. The molecule has 0 aromatic rings. The predicted octanol–water partition coefficient (Wildman–Crippen LogP) is 5.32. The van der Waals surface area contributed by atoms with Crippen molar-refractivity contribution in [1.29, 1.82) is 0 Å². The molecule has 1 rings (SSSR count). The first-order chi connectivity index (χ1) is 8.93. The first-order valence-electron chi connectivity index (χ1n) is 7.18. The van der Waals surface area contributed by atoms with Crippen LogP contribution in [0.25, 0.3) is 0 Å². The van der Waals surface area contributed by atoms with E-state index in [2.05, 4.69) is 30.9 Å². The summed E-state index contributed by atoms with van der Waals surface area (Å²) in [5.74, 6) is 0. The summed E-state index contributed by atoms with van der Waals surface area (Å²) in [6, 6.07) is 0. The van der Waals surface area contributed by atoms with E-state index < -0.39 is 0 Å². The van der Waals surface area contributed by atoms with E-state index in [9.17, 15) is 0 Å².